The quantitative estimate of drug-likeness (QED) is 0.472. The van der Waals surface area contributed by atoms with E-state index >= 15 is 0 Å². The Balaban J connectivity index is 1.68. The minimum Gasteiger partial charge on any atom is -0.364 e. The Morgan fingerprint density at radius 2 is 1.90 bits per heavy atom. The summed E-state index contributed by atoms with van der Waals surface area (Å²) in [5.41, 5.74) is 5.35. The van der Waals surface area contributed by atoms with Crippen LogP contribution < -0.4 is 10.6 Å². The summed E-state index contributed by atoms with van der Waals surface area (Å²) in [5, 5.41) is 3.38. The first-order chi connectivity index (χ1) is 14.8. The first kappa shape index (κ1) is 20.3. The molecule has 4 heterocycles. The van der Waals surface area contributed by atoms with Gasteiger partial charge < -0.3 is 15.2 Å². The number of aromatic nitrogens is 6. The highest BCUT2D eigenvalue weighted by molar-refractivity contribution is 7.15. The number of anilines is 2. The van der Waals surface area contributed by atoms with Crippen molar-refractivity contribution < 1.29 is 22.5 Å². The van der Waals surface area contributed by atoms with Gasteiger partial charge in [0.25, 0.3) is 5.91 Å². The van der Waals surface area contributed by atoms with E-state index in [-0.39, 0.29) is 23.9 Å². The number of primary amides is 1. The fourth-order valence-electron chi connectivity index (χ4n) is 2.57. The number of rotatable bonds is 6. The summed E-state index contributed by atoms with van der Waals surface area (Å²) in [4.78, 5) is 34.3. The van der Waals surface area contributed by atoms with Gasteiger partial charge in [-0.05, 0) is 12.1 Å². The molecule has 0 fully saturated rings. The predicted octanol–water partition coefficient (Wildman–Crippen LogP) is 2.83. The lowest BCUT2D eigenvalue weighted by molar-refractivity contribution is -0.159. The second kappa shape index (κ2) is 8.06. The van der Waals surface area contributed by atoms with Crippen molar-refractivity contribution in [2.75, 3.05) is 4.90 Å². The van der Waals surface area contributed by atoms with Crippen LogP contribution in [0.15, 0.2) is 47.6 Å². The molecule has 0 aliphatic heterocycles. The molecule has 4 aromatic rings. The molecule has 0 saturated carbocycles. The Morgan fingerprint density at radius 3 is 2.58 bits per heavy atom. The monoisotopic (exact) mass is 448 g/mol. The van der Waals surface area contributed by atoms with Crippen molar-refractivity contribution in [3.63, 3.8) is 0 Å². The first-order valence-electron chi connectivity index (χ1n) is 8.47. The molecule has 0 radical (unpaired) electrons. The largest absolute Gasteiger partial charge is 0.471 e. The summed E-state index contributed by atoms with van der Waals surface area (Å²) in [6.45, 7) is 0.145. The van der Waals surface area contributed by atoms with Gasteiger partial charge in [0, 0.05) is 29.7 Å². The molecule has 10 nitrogen and oxygen atoms in total. The number of carbonyl (C=O) groups excluding carboxylic acids is 1. The maximum atomic E-state index is 12.7. The second-order valence-electron chi connectivity index (χ2n) is 5.93. The average Bonchev–Trinajstić information content (AvgIpc) is 3.42. The number of nitrogens with two attached hydrogens (primary N) is 1. The number of hydrogen-bond acceptors (Lipinski definition) is 10. The van der Waals surface area contributed by atoms with Crippen LogP contribution in [0.5, 0.6) is 0 Å². The molecule has 0 atom stereocenters. The van der Waals surface area contributed by atoms with Crippen LogP contribution in [0.4, 0.5) is 24.8 Å². The van der Waals surface area contributed by atoms with Crippen LogP contribution in [-0.2, 0) is 12.7 Å². The van der Waals surface area contributed by atoms with Crippen LogP contribution in [-0.4, -0.2) is 36.0 Å². The summed E-state index contributed by atoms with van der Waals surface area (Å²) < 4.78 is 42.4. The zero-order valence-electron chi connectivity index (χ0n) is 15.3. The Morgan fingerprint density at radius 1 is 1.13 bits per heavy atom. The third-order valence-electron chi connectivity index (χ3n) is 3.86. The van der Waals surface area contributed by atoms with E-state index in [0.717, 1.165) is 11.3 Å². The van der Waals surface area contributed by atoms with Gasteiger partial charge in [0.1, 0.15) is 0 Å². The van der Waals surface area contributed by atoms with Gasteiger partial charge in [-0.25, -0.2) is 15.0 Å². The van der Waals surface area contributed by atoms with Gasteiger partial charge in [0.15, 0.2) is 17.3 Å². The lowest BCUT2D eigenvalue weighted by atomic mass is 10.3. The highest BCUT2D eigenvalue weighted by Crippen LogP contribution is 2.33. The molecule has 0 unspecified atom stereocenters. The zero-order chi connectivity index (χ0) is 22.0. The lowest BCUT2D eigenvalue weighted by Gasteiger charge is -2.22. The molecule has 158 valence electrons. The van der Waals surface area contributed by atoms with E-state index in [9.17, 15) is 18.0 Å². The molecule has 1 amide bonds. The predicted molar refractivity (Wildman–Crippen MR) is 101 cm³/mol. The maximum Gasteiger partial charge on any atom is 0.471 e. The van der Waals surface area contributed by atoms with E-state index in [1.807, 2.05) is 0 Å². The molecular formula is C17H11F3N8O2S. The standard InChI is InChI=1S/C17H11F3N8O2S/c18-17(19,20)16-26-14(27-30-16)10-2-1-9(31-10)8-28(11-7-22-3-4-23-11)15-12(13(21)29)24-5-6-25-15/h1-7H,8H2,(H2,21,29). The molecular weight excluding hydrogens is 437 g/mol. The van der Waals surface area contributed by atoms with Gasteiger partial charge in [-0.3, -0.25) is 9.78 Å². The van der Waals surface area contributed by atoms with Gasteiger partial charge in [-0.2, -0.15) is 18.2 Å². The van der Waals surface area contributed by atoms with Crippen molar-refractivity contribution in [1.82, 2.24) is 30.1 Å². The van der Waals surface area contributed by atoms with Gasteiger partial charge in [0.05, 0.1) is 17.6 Å². The van der Waals surface area contributed by atoms with Crippen molar-refractivity contribution in [2.24, 2.45) is 5.73 Å². The van der Waals surface area contributed by atoms with Crippen LogP contribution in [0.3, 0.4) is 0 Å². The van der Waals surface area contributed by atoms with Gasteiger partial charge in [-0.15, -0.1) is 11.3 Å². The average molecular weight is 448 g/mol. The van der Waals surface area contributed by atoms with Gasteiger partial charge in [0.2, 0.25) is 5.82 Å². The molecule has 0 aliphatic carbocycles. The summed E-state index contributed by atoms with van der Waals surface area (Å²) in [6, 6.07) is 3.23. The Labute approximate surface area is 175 Å². The molecule has 0 aromatic carbocycles. The van der Waals surface area contributed by atoms with Gasteiger partial charge in [-0.1, -0.05) is 5.16 Å². The molecule has 14 heteroatoms. The van der Waals surface area contributed by atoms with E-state index in [2.05, 4.69) is 34.6 Å². The normalized spacial score (nSPS) is 11.5. The molecule has 4 aromatic heterocycles. The summed E-state index contributed by atoms with van der Waals surface area (Å²) in [6.07, 6.45) is 2.39. The number of hydrogen-bond donors (Lipinski definition) is 1. The Bertz CT molecular complexity index is 1210. The van der Waals surface area contributed by atoms with Crippen molar-refractivity contribution >= 4 is 28.9 Å². The molecule has 2 N–H and O–H groups in total. The van der Waals surface area contributed by atoms with Crippen LogP contribution in [0, 0.1) is 0 Å². The lowest BCUT2D eigenvalue weighted by Crippen LogP contribution is -2.24. The Kier molecular flexibility index (Phi) is 5.29. The Hall–Kier alpha value is -3.94. The minimum atomic E-state index is -4.73. The van der Waals surface area contributed by atoms with Gasteiger partial charge >= 0.3 is 12.1 Å². The fraction of sp³-hybridized carbons (Fsp3) is 0.118. The van der Waals surface area contributed by atoms with E-state index in [4.69, 9.17) is 5.73 Å². The molecule has 0 bridgehead atoms. The van der Waals surface area contributed by atoms with Crippen LogP contribution >= 0.6 is 11.3 Å². The first-order valence-corrected chi connectivity index (χ1v) is 9.29. The smallest absolute Gasteiger partial charge is 0.364 e. The van der Waals surface area contributed by atoms with Crippen LogP contribution in [0.25, 0.3) is 10.7 Å². The van der Waals surface area contributed by atoms with Crippen molar-refractivity contribution in [1.29, 1.82) is 0 Å². The van der Waals surface area contributed by atoms with E-state index in [0.29, 0.717) is 15.6 Å². The number of alkyl halides is 3. The maximum absolute atomic E-state index is 12.7. The third kappa shape index (κ3) is 4.32. The number of nitrogens with zero attached hydrogens (tertiary/aromatic N) is 7. The summed E-state index contributed by atoms with van der Waals surface area (Å²) >= 11 is 1.14. The minimum absolute atomic E-state index is 0.0714. The molecule has 0 aliphatic rings. The zero-order valence-corrected chi connectivity index (χ0v) is 16.1. The van der Waals surface area contributed by atoms with E-state index in [1.165, 1.54) is 31.0 Å². The fourth-order valence-corrected chi connectivity index (χ4v) is 3.50. The highest BCUT2D eigenvalue weighted by Gasteiger charge is 2.38. The topological polar surface area (TPSA) is 137 Å². The molecule has 0 spiro atoms. The van der Waals surface area contributed by atoms with Crippen molar-refractivity contribution in [3.05, 3.63) is 59.6 Å². The summed E-state index contributed by atoms with van der Waals surface area (Å²) in [5.74, 6) is -1.88. The summed E-state index contributed by atoms with van der Waals surface area (Å²) in [7, 11) is 0. The number of carbonyl (C=O) groups is 1. The highest BCUT2D eigenvalue weighted by atomic mass is 32.1. The molecule has 4 rings (SSSR count). The third-order valence-corrected chi connectivity index (χ3v) is 4.92. The number of thiophene rings is 1. The molecule has 0 saturated heterocycles. The second-order valence-corrected chi connectivity index (χ2v) is 7.10. The van der Waals surface area contributed by atoms with Crippen LogP contribution in [0.1, 0.15) is 21.3 Å². The van der Waals surface area contributed by atoms with Crippen molar-refractivity contribution in [3.8, 4) is 10.7 Å². The molecule has 31 heavy (non-hydrogen) atoms. The number of amides is 1. The number of halogens is 3. The van der Waals surface area contributed by atoms with Crippen molar-refractivity contribution in [2.45, 2.75) is 12.7 Å². The van der Waals surface area contributed by atoms with E-state index in [1.54, 1.807) is 17.0 Å². The van der Waals surface area contributed by atoms with E-state index < -0.39 is 18.0 Å². The van der Waals surface area contributed by atoms with Crippen LogP contribution in [0.2, 0.25) is 0 Å². The SMILES string of the molecule is NC(=O)c1nccnc1N(Cc1ccc(-c2noc(C(F)(F)F)n2)s1)c1cnccn1.